The van der Waals surface area contributed by atoms with Gasteiger partial charge in [0.1, 0.15) is 11.6 Å². The van der Waals surface area contributed by atoms with Gasteiger partial charge in [-0.2, -0.15) is 0 Å². The maximum atomic E-state index is 14.0. The molecule has 2 heterocycles. The molecule has 0 aliphatic carbocycles. The minimum absolute atomic E-state index is 0.0447. The monoisotopic (exact) mass is 320 g/mol. The topological polar surface area (TPSA) is 19.7 Å². The molecule has 0 atom stereocenters. The lowest BCUT2D eigenvalue weighted by atomic mass is 10.1. The molecule has 0 spiro atoms. The molecule has 0 amide bonds. The molecule has 0 fully saturated rings. The molecule has 4 aromatic rings. The van der Waals surface area contributed by atoms with E-state index in [9.17, 15) is 8.78 Å². The first-order valence-corrected chi connectivity index (χ1v) is 7.63. The molecule has 0 saturated carbocycles. The summed E-state index contributed by atoms with van der Waals surface area (Å²) in [5.41, 5.74) is 2.32. The normalized spacial score (nSPS) is 11.1. The van der Waals surface area contributed by atoms with Crippen LogP contribution in [0, 0.1) is 17.8 Å². The van der Waals surface area contributed by atoms with Crippen LogP contribution in [-0.4, -0.2) is 4.98 Å². The summed E-state index contributed by atoms with van der Waals surface area (Å²) in [5.74, 6) is -1.17. The summed E-state index contributed by atoms with van der Waals surface area (Å²) in [6.45, 7) is 0.686. The van der Waals surface area contributed by atoms with Crippen molar-refractivity contribution in [3.8, 4) is 11.3 Å². The number of fused-ring (bicyclic) bond motifs is 1. The maximum Gasteiger partial charge on any atom is 0.156 e. The number of nitrogens with one attached hydrogen (secondary N) is 1. The van der Waals surface area contributed by atoms with E-state index in [4.69, 9.17) is 0 Å². The van der Waals surface area contributed by atoms with E-state index < -0.39 is 11.6 Å². The molecule has 24 heavy (non-hydrogen) atoms. The highest BCUT2D eigenvalue weighted by Crippen LogP contribution is 2.27. The molecule has 0 saturated heterocycles. The molecule has 0 bridgehead atoms. The van der Waals surface area contributed by atoms with Crippen LogP contribution < -0.4 is 4.57 Å². The molecule has 0 aliphatic heterocycles. The van der Waals surface area contributed by atoms with Crippen LogP contribution in [0.5, 0.6) is 0 Å². The van der Waals surface area contributed by atoms with Gasteiger partial charge < -0.3 is 4.98 Å². The van der Waals surface area contributed by atoms with Gasteiger partial charge in [-0.3, -0.25) is 4.57 Å². The van der Waals surface area contributed by atoms with E-state index in [1.54, 1.807) is 6.07 Å². The van der Waals surface area contributed by atoms with Crippen LogP contribution in [0.1, 0.15) is 5.56 Å². The number of benzene rings is 2. The van der Waals surface area contributed by atoms with Gasteiger partial charge in [-0.1, -0.05) is 47.9 Å². The van der Waals surface area contributed by atoms with Crippen molar-refractivity contribution >= 4 is 10.9 Å². The molecule has 0 aliphatic rings. The Kier molecular flexibility index (Phi) is 3.58. The molecule has 4 rings (SSSR count). The fourth-order valence-corrected chi connectivity index (χ4v) is 2.81. The number of hydrogen-bond acceptors (Lipinski definition) is 0. The predicted molar refractivity (Wildman–Crippen MR) is 88.2 cm³/mol. The number of aromatic amines is 1. The first kappa shape index (κ1) is 14.6. The third kappa shape index (κ3) is 2.67. The number of hydrogen-bond donors (Lipinski definition) is 1. The van der Waals surface area contributed by atoms with E-state index >= 15 is 0 Å². The second-order valence-corrected chi connectivity index (χ2v) is 5.65. The van der Waals surface area contributed by atoms with Gasteiger partial charge in [0.15, 0.2) is 12.7 Å². The molecule has 2 aromatic heterocycles. The highest BCUT2D eigenvalue weighted by Gasteiger charge is 2.11. The number of aromatic nitrogens is 2. The fourth-order valence-electron chi connectivity index (χ4n) is 2.81. The first-order valence-electron chi connectivity index (χ1n) is 7.63. The molecule has 2 aromatic carbocycles. The van der Waals surface area contributed by atoms with E-state index in [0.717, 1.165) is 16.5 Å². The average Bonchev–Trinajstić information content (AvgIpc) is 2.98. The van der Waals surface area contributed by atoms with E-state index in [2.05, 4.69) is 11.2 Å². The van der Waals surface area contributed by atoms with Crippen LogP contribution in [0.2, 0.25) is 0 Å². The third-order valence-electron chi connectivity index (χ3n) is 3.96. The second-order valence-electron chi connectivity index (χ2n) is 5.65. The van der Waals surface area contributed by atoms with Crippen molar-refractivity contribution in [1.29, 1.82) is 0 Å². The quantitative estimate of drug-likeness (QED) is 0.430. The number of nitrogens with zero attached hydrogens (tertiary/aromatic N) is 1. The number of rotatable bonds is 3. The predicted octanol–water partition coefficient (Wildman–Crippen LogP) is 4.25. The third-order valence-corrected chi connectivity index (χ3v) is 3.96. The van der Waals surface area contributed by atoms with Gasteiger partial charge in [-0.05, 0) is 17.6 Å². The number of pyridine rings is 1. The highest BCUT2D eigenvalue weighted by molar-refractivity contribution is 5.84. The molecule has 2 nitrogen and oxygen atoms in total. The summed E-state index contributed by atoms with van der Waals surface area (Å²) in [7, 11) is 0. The highest BCUT2D eigenvalue weighted by atomic mass is 19.1. The van der Waals surface area contributed by atoms with Crippen molar-refractivity contribution in [2.45, 2.75) is 6.54 Å². The summed E-state index contributed by atoms with van der Waals surface area (Å²) < 4.78 is 29.8. The summed E-state index contributed by atoms with van der Waals surface area (Å²) in [6, 6.07) is 17.5. The summed E-state index contributed by atoms with van der Waals surface area (Å²) in [4.78, 5) is 3.06. The second kappa shape index (κ2) is 5.89. The SMILES string of the molecule is Fc1cccc(F)c1-c1cc2[c-][n+](Cc3ccccc3)ccc2[nH]1. The Morgan fingerprint density at radius 2 is 1.67 bits per heavy atom. The van der Waals surface area contributed by atoms with Gasteiger partial charge in [-0.25, -0.2) is 8.78 Å². The van der Waals surface area contributed by atoms with Gasteiger partial charge >= 0.3 is 0 Å². The first-order chi connectivity index (χ1) is 11.7. The van der Waals surface area contributed by atoms with E-state index in [-0.39, 0.29) is 5.56 Å². The van der Waals surface area contributed by atoms with Gasteiger partial charge in [0.05, 0.1) is 11.8 Å². The van der Waals surface area contributed by atoms with Crippen LogP contribution in [-0.2, 0) is 6.54 Å². The lowest BCUT2D eigenvalue weighted by Gasteiger charge is -2.03. The standard InChI is InChI=1S/C20H14F2N2/c21-16-7-4-8-17(22)20(16)19-11-15-13-24(10-9-18(15)23-19)12-14-5-2-1-3-6-14/h1-11,23H,12H2. The van der Waals surface area contributed by atoms with Crippen molar-refractivity contribution in [2.75, 3.05) is 0 Å². The Hall–Kier alpha value is -3.01. The molecule has 4 heteroatoms. The zero-order valence-corrected chi connectivity index (χ0v) is 12.8. The Labute approximate surface area is 138 Å². The minimum Gasteiger partial charge on any atom is -0.402 e. The molecular weight excluding hydrogens is 306 g/mol. The Morgan fingerprint density at radius 3 is 2.42 bits per heavy atom. The molecule has 1 N–H and O–H groups in total. The molecular formula is C20H14F2N2. The molecule has 0 radical (unpaired) electrons. The van der Waals surface area contributed by atoms with Crippen LogP contribution in [0.4, 0.5) is 8.78 Å². The van der Waals surface area contributed by atoms with E-state index in [1.165, 1.54) is 18.2 Å². The Bertz CT molecular complexity index is 987. The van der Waals surface area contributed by atoms with E-state index in [0.29, 0.717) is 12.2 Å². The molecule has 118 valence electrons. The maximum absolute atomic E-state index is 14.0. The summed E-state index contributed by atoms with van der Waals surface area (Å²) in [5, 5.41) is 0.783. The van der Waals surface area contributed by atoms with Gasteiger partial charge in [0.2, 0.25) is 0 Å². The Morgan fingerprint density at radius 1 is 0.917 bits per heavy atom. The van der Waals surface area contributed by atoms with Gasteiger partial charge in [0, 0.05) is 11.3 Å². The summed E-state index contributed by atoms with van der Waals surface area (Å²) in [6.07, 6.45) is 5.14. The minimum atomic E-state index is -0.585. The van der Waals surface area contributed by atoms with Crippen molar-refractivity contribution in [3.63, 3.8) is 0 Å². The van der Waals surface area contributed by atoms with Crippen LogP contribution >= 0.6 is 0 Å². The van der Waals surface area contributed by atoms with Crippen molar-refractivity contribution in [3.05, 3.63) is 90.3 Å². The number of H-pyrrole nitrogens is 1. The average molecular weight is 320 g/mol. The van der Waals surface area contributed by atoms with Gasteiger partial charge in [-0.15, -0.1) is 6.07 Å². The van der Waals surface area contributed by atoms with E-state index in [1.807, 2.05) is 47.2 Å². The zero-order chi connectivity index (χ0) is 16.5. The van der Waals surface area contributed by atoms with Crippen LogP contribution in [0.25, 0.3) is 22.2 Å². The zero-order valence-electron chi connectivity index (χ0n) is 12.8. The van der Waals surface area contributed by atoms with Crippen molar-refractivity contribution < 1.29 is 13.3 Å². The van der Waals surface area contributed by atoms with Crippen molar-refractivity contribution in [2.24, 2.45) is 0 Å². The van der Waals surface area contributed by atoms with Crippen molar-refractivity contribution in [1.82, 2.24) is 4.98 Å². The van der Waals surface area contributed by atoms with Crippen LogP contribution in [0.3, 0.4) is 0 Å². The smallest absolute Gasteiger partial charge is 0.156 e. The fraction of sp³-hybridized carbons (Fsp3) is 0.0500. The molecule has 0 unspecified atom stereocenters. The lowest BCUT2D eigenvalue weighted by molar-refractivity contribution is -0.691. The van der Waals surface area contributed by atoms with Gasteiger partial charge in [0.25, 0.3) is 0 Å². The Balaban J connectivity index is 1.74. The number of halogens is 2. The largest absolute Gasteiger partial charge is 0.402 e. The summed E-state index contributed by atoms with van der Waals surface area (Å²) >= 11 is 0. The van der Waals surface area contributed by atoms with Crippen LogP contribution in [0.15, 0.2) is 66.9 Å². The lowest BCUT2D eigenvalue weighted by Crippen LogP contribution is -2.33.